The smallest absolute Gasteiger partial charge is 0.186 e. The van der Waals surface area contributed by atoms with Gasteiger partial charge in [0.25, 0.3) is 0 Å². The van der Waals surface area contributed by atoms with Gasteiger partial charge in [0.15, 0.2) is 5.78 Å². The topological polar surface area (TPSA) is 29.5 Å². The quantitative estimate of drug-likeness (QED) is 0.792. The summed E-state index contributed by atoms with van der Waals surface area (Å²) in [5, 5.41) is 0. The molecule has 3 heteroatoms. The number of ketones is 1. The third-order valence-electron chi connectivity index (χ3n) is 4.98. The molecule has 0 N–H and O–H groups in total. The molecule has 21 heavy (non-hydrogen) atoms. The van der Waals surface area contributed by atoms with Crippen LogP contribution in [0.25, 0.3) is 0 Å². The van der Waals surface area contributed by atoms with Crippen molar-refractivity contribution in [1.29, 1.82) is 0 Å². The van der Waals surface area contributed by atoms with Crippen LogP contribution in [0.3, 0.4) is 0 Å². The first-order valence-corrected chi connectivity index (χ1v) is 7.77. The summed E-state index contributed by atoms with van der Waals surface area (Å²) in [6.45, 7) is 4.29. The normalized spacial score (nSPS) is 25.9. The SMILES string of the molecule is COc1ccc(C)cc1C(=O)C1(N(C)C)CCC(C)CC1. The minimum atomic E-state index is -0.381. The van der Waals surface area contributed by atoms with E-state index in [2.05, 4.69) is 11.8 Å². The average Bonchev–Trinajstić information content (AvgIpc) is 2.47. The minimum Gasteiger partial charge on any atom is -0.496 e. The van der Waals surface area contributed by atoms with Crippen molar-refractivity contribution in [3.8, 4) is 5.75 Å². The van der Waals surface area contributed by atoms with Crippen LogP contribution < -0.4 is 4.74 Å². The molecule has 1 aromatic carbocycles. The number of nitrogens with zero attached hydrogens (tertiary/aromatic N) is 1. The van der Waals surface area contributed by atoms with Gasteiger partial charge in [-0.25, -0.2) is 0 Å². The van der Waals surface area contributed by atoms with Crippen LogP contribution in [-0.2, 0) is 0 Å². The van der Waals surface area contributed by atoms with Crippen LogP contribution in [0.4, 0.5) is 0 Å². The van der Waals surface area contributed by atoms with Crippen LogP contribution in [0.2, 0.25) is 0 Å². The molecule has 0 saturated heterocycles. The predicted molar refractivity (Wildman–Crippen MR) is 86.1 cm³/mol. The maximum absolute atomic E-state index is 13.3. The minimum absolute atomic E-state index is 0.208. The lowest BCUT2D eigenvalue weighted by molar-refractivity contribution is 0.0510. The number of hydrogen-bond donors (Lipinski definition) is 0. The Balaban J connectivity index is 2.42. The first-order chi connectivity index (χ1) is 9.90. The Kier molecular flexibility index (Phi) is 4.72. The number of likely N-dealkylation sites (N-methyl/N-ethyl adjacent to an activating group) is 1. The highest BCUT2D eigenvalue weighted by Crippen LogP contribution is 2.39. The Morgan fingerprint density at radius 1 is 1.29 bits per heavy atom. The zero-order valence-corrected chi connectivity index (χ0v) is 13.9. The van der Waals surface area contributed by atoms with Crippen molar-refractivity contribution in [3.05, 3.63) is 29.3 Å². The highest BCUT2D eigenvalue weighted by atomic mass is 16.5. The van der Waals surface area contributed by atoms with Crippen molar-refractivity contribution >= 4 is 5.78 Å². The van der Waals surface area contributed by atoms with Crippen molar-refractivity contribution < 1.29 is 9.53 Å². The second-order valence-corrected chi connectivity index (χ2v) is 6.64. The van der Waals surface area contributed by atoms with Crippen molar-refractivity contribution in [1.82, 2.24) is 4.90 Å². The van der Waals surface area contributed by atoms with Crippen LogP contribution in [0.5, 0.6) is 5.75 Å². The Bertz CT molecular complexity index is 514. The second kappa shape index (κ2) is 6.18. The van der Waals surface area contributed by atoms with Gasteiger partial charge in [0.2, 0.25) is 0 Å². The molecule has 0 bridgehead atoms. The number of methoxy groups -OCH3 is 1. The summed E-state index contributed by atoms with van der Waals surface area (Å²) in [7, 11) is 5.68. The summed E-state index contributed by atoms with van der Waals surface area (Å²) < 4.78 is 5.42. The van der Waals surface area contributed by atoms with Gasteiger partial charge in [-0.05, 0) is 64.8 Å². The maximum Gasteiger partial charge on any atom is 0.186 e. The molecule has 1 aliphatic rings. The van der Waals surface area contributed by atoms with Gasteiger partial charge in [-0.2, -0.15) is 0 Å². The average molecular weight is 289 g/mol. The number of benzene rings is 1. The van der Waals surface area contributed by atoms with Gasteiger partial charge in [0, 0.05) is 0 Å². The highest BCUT2D eigenvalue weighted by molar-refractivity contribution is 6.05. The van der Waals surface area contributed by atoms with Crippen LogP contribution >= 0.6 is 0 Å². The van der Waals surface area contributed by atoms with E-state index < -0.39 is 0 Å². The van der Waals surface area contributed by atoms with Gasteiger partial charge in [0.1, 0.15) is 5.75 Å². The van der Waals surface area contributed by atoms with E-state index in [-0.39, 0.29) is 11.3 Å². The lowest BCUT2D eigenvalue weighted by atomic mass is 9.72. The number of rotatable bonds is 4. The van der Waals surface area contributed by atoms with Crippen molar-refractivity contribution in [2.75, 3.05) is 21.2 Å². The fraction of sp³-hybridized carbons (Fsp3) is 0.611. The predicted octanol–water partition coefficient (Wildman–Crippen LogP) is 3.70. The molecule has 0 aromatic heterocycles. The van der Waals surface area contributed by atoms with Crippen LogP contribution in [0, 0.1) is 12.8 Å². The van der Waals surface area contributed by atoms with E-state index in [0.717, 1.165) is 36.8 Å². The molecular weight excluding hydrogens is 262 g/mol. The first-order valence-electron chi connectivity index (χ1n) is 7.77. The second-order valence-electron chi connectivity index (χ2n) is 6.64. The van der Waals surface area contributed by atoms with E-state index in [1.807, 2.05) is 39.2 Å². The lowest BCUT2D eigenvalue weighted by Crippen LogP contribution is -2.53. The molecule has 0 aliphatic heterocycles. The molecule has 1 aromatic rings. The molecule has 2 rings (SSSR count). The third-order valence-corrected chi connectivity index (χ3v) is 4.98. The number of carbonyl (C=O) groups is 1. The molecule has 1 saturated carbocycles. The van der Waals surface area contributed by atoms with Gasteiger partial charge in [-0.15, -0.1) is 0 Å². The van der Waals surface area contributed by atoms with E-state index >= 15 is 0 Å². The number of Topliss-reactive ketones (excluding diaryl/α,β-unsaturated/α-hetero) is 1. The van der Waals surface area contributed by atoms with Crippen molar-refractivity contribution in [2.45, 2.75) is 45.1 Å². The van der Waals surface area contributed by atoms with Crippen LogP contribution in [0.1, 0.15) is 48.5 Å². The van der Waals surface area contributed by atoms with Gasteiger partial charge < -0.3 is 4.74 Å². The number of ether oxygens (including phenoxy) is 1. The monoisotopic (exact) mass is 289 g/mol. The van der Waals surface area contributed by atoms with E-state index in [1.165, 1.54) is 0 Å². The number of hydrogen-bond acceptors (Lipinski definition) is 3. The molecule has 1 aliphatic carbocycles. The largest absolute Gasteiger partial charge is 0.496 e. The summed E-state index contributed by atoms with van der Waals surface area (Å²) in [5.41, 5.74) is 1.44. The van der Waals surface area contributed by atoms with Gasteiger partial charge >= 0.3 is 0 Å². The van der Waals surface area contributed by atoms with E-state index in [9.17, 15) is 4.79 Å². The summed E-state index contributed by atoms with van der Waals surface area (Å²) >= 11 is 0. The van der Waals surface area contributed by atoms with Gasteiger partial charge in [-0.1, -0.05) is 18.6 Å². The molecular formula is C18H27NO2. The lowest BCUT2D eigenvalue weighted by Gasteiger charge is -2.43. The number of aryl methyl sites for hydroxylation is 1. The molecule has 3 nitrogen and oxygen atoms in total. The molecule has 0 spiro atoms. The summed E-state index contributed by atoms with van der Waals surface area (Å²) in [5.74, 6) is 1.61. The molecule has 0 heterocycles. The highest BCUT2D eigenvalue weighted by Gasteiger charge is 2.44. The fourth-order valence-electron chi connectivity index (χ4n) is 3.37. The maximum atomic E-state index is 13.3. The Morgan fingerprint density at radius 3 is 2.43 bits per heavy atom. The van der Waals surface area contributed by atoms with Crippen molar-refractivity contribution in [3.63, 3.8) is 0 Å². The van der Waals surface area contributed by atoms with Gasteiger partial charge in [0.05, 0.1) is 18.2 Å². The van der Waals surface area contributed by atoms with Crippen LogP contribution in [0.15, 0.2) is 18.2 Å². The standard InChI is InChI=1S/C18H27NO2/c1-13-8-10-18(11-9-13,19(3)4)17(20)15-12-14(2)6-7-16(15)21-5/h6-7,12-13H,8-11H2,1-5H3. The van der Waals surface area contributed by atoms with E-state index in [4.69, 9.17) is 4.74 Å². The fourth-order valence-corrected chi connectivity index (χ4v) is 3.37. The Hall–Kier alpha value is -1.35. The molecule has 0 unspecified atom stereocenters. The molecule has 116 valence electrons. The summed E-state index contributed by atoms with van der Waals surface area (Å²) in [4.78, 5) is 15.4. The zero-order chi connectivity index (χ0) is 15.6. The first kappa shape index (κ1) is 16.0. The summed E-state index contributed by atoms with van der Waals surface area (Å²) in [6.07, 6.45) is 4.07. The summed E-state index contributed by atoms with van der Waals surface area (Å²) in [6, 6.07) is 5.85. The van der Waals surface area contributed by atoms with E-state index in [1.54, 1.807) is 7.11 Å². The third kappa shape index (κ3) is 2.98. The van der Waals surface area contributed by atoms with Crippen molar-refractivity contribution in [2.24, 2.45) is 5.92 Å². The molecule has 1 fully saturated rings. The number of carbonyl (C=O) groups excluding carboxylic acids is 1. The van der Waals surface area contributed by atoms with E-state index in [0.29, 0.717) is 11.7 Å². The molecule has 0 atom stereocenters. The van der Waals surface area contributed by atoms with Crippen LogP contribution in [-0.4, -0.2) is 37.4 Å². The Labute approximate surface area is 128 Å². The van der Waals surface area contributed by atoms with Gasteiger partial charge in [-0.3, -0.25) is 9.69 Å². The molecule has 0 radical (unpaired) electrons. The zero-order valence-electron chi connectivity index (χ0n) is 13.9. The molecule has 0 amide bonds. The Morgan fingerprint density at radius 2 is 1.90 bits per heavy atom.